The van der Waals surface area contributed by atoms with Gasteiger partial charge in [-0.05, 0) is 48.9 Å². The Labute approximate surface area is 186 Å². The predicted octanol–water partition coefficient (Wildman–Crippen LogP) is 6.24. The number of hydrogen-bond acceptors (Lipinski definition) is 5. The zero-order valence-corrected chi connectivity index (χ0v) is 17.2. The van der Waals surface area contributed by atoms with E-state index in [-0.39, 0.29) is 5.69 Å². The summed E-state index contributed by atoms with van der Waals surface area (Å²) in [5.74, 6) is 6.58. The molecule has 33 heavy (non-hydrogen) atoms. The zero-order valence-electron chi connectivity index (χ0n) is 17.2. The minimum Gasteiger partial charge on any atom is -0.353 e. The first kappa shape index (κ1) is 20.5. The van der Waals surface area contributed by atoms with E-state index in [1.165, 1.54) is 18.5 Å². The fraction of sp³-hybridized carbons (Fsp3) is 0.0800. The fourth-order valence-corrected chi connectivity index (χ4v) is 3.44. The second-order valence-electron chi connectivity index (χ2n) is 7.42. The summed E-state index contributed by atoms with van der Waals surface area (Å²) in [7, 11) is 0. The molecule has 0 spiro atoms. The molecule has 0 bridgehead atoms. The van der Waals surface area contributed by atoms with Crippen molar-refractivity contribution < 1.29 is 17.7 Å². The Morgan fingerprint density at radius 3 is 2.73 bits per heavy atom. The van der Waals surface area contributed by atoms with Crippen molar-refractivity contribution in [1.29, 1.82) is 0 Å². The van der Waals surface area contributed by atoms with Gasteiger partial charge in [0.05, 0.1) is 22.0 Å². The van der Waals surface area contributed by atoms with Crippen LogP contribution < -0.4 is 5.32 Å². The van der Waals surface area contributed by atoms with Gasteiger partial charge in [0.2, 0.25) is 0 Å². The van der Waals surface area contributed by atoms with E-state index in [1.54, 1.807) is 12.3 Å². The quantitative estimate of drug-likeness (QED) is 0.327. The Bertz CT molecular complexity index is 1560. The Kier molecular flexibility index (Phi) is 4.94. The summed E-state index contributed by atoms with van der Waals surface area (Å²) < 4.78 is 44.6. The molecule has 0 atom stereocenters. The first-order valence-corrected chi connectivity index (χ1v) is 9.93. The van der Waals surface area contributed by atoms with Gasteiger partial charge in [-0.3, -0.25) is 0 Å². The zero-order chi connectivity index (χ0) is 23.0. The number of benzene rings is 3. The molecule has 0 aliphatic heterocycles. The van der Waals surface area contributed by atoms with Gasteiger partial charge in [-0.25, -0.2) is 9.97 Å². The van der Waals surface area contributed by atoms with Crippen LogP contribution >= 0.6 is 0 Å². The van der Waals surface area contributed by atoms with Crippen molar-refractivity contribution in [3.8, 4) is 11.8 Å². The molecule has 0 fully saturated rings. The van der Waals surface area contributed by atoms with E-state index in [0.717, 1.165) is 34.2 Å². The highest BCUT2D eigenvalue weighted by atomic mass is 19.4. The molecule has 2 aromatic heterocycles. The third-order valence-electron chi connectivity index (χ3n) is 5.14. The molecular weight excluding hydrogens is 429 g/mol. The SMILES string of the molecule is Cc1ccc2c(Nc3cccc(C(F)(F)F)c3)noc2c1C#Cc1ccc2cncnc2c1. The predicted molar refractivity (Wildman–Crippen MR) is 119 cm³/mol. The monoisotopic (exact) mass is 444 g/mol. The molecule has 0 saturated heterocycles. The molecule has 0 amide bonds. The lowest BCUT2D eigenvalue weighted by Gasteiger charge is -2.09. The van der Waals surface area contributed by atoms with E-state index in [9.17, 15) is 13.2 Å². The summed E-state index contributed by atoms with van der Waals surface area (Å²) in [6.45, 7) is 1.90. The Morgan fingerprint density at radius 2 is 1.88 bits per heavy atom. The van der Waals surface area contributed by atoms with Crippen LogP contribution in [0.1, 0.15) is 22.3 Å². The van der Waals surface area contributed by atoms with Crippen LogP contribution in [-0.2, 0) is 6.18 Å². The molecule has 5 aromatic rings. The first-order chi connectivity index (χ1) is 15.9. The third kappa shape index (κ3) is 4.08. The van der Waals surface area contributed by atoms with Gasteiger partial charge in [-0.1, -0.05) is 35.2 Å². The van der Waals surface area contributed by atoms with Crippen molar-refractivity contribution in [2.45, 2.75) is 13.1 Å². The number of aromatic nitrogens is 3. The minimum absolute atomic E-state index is 0.256. The van der Waals surface area contributed by atoms with Crippen LogP contribution in [0.25, 0.3) is 21.9 Å². The van der Waals surface area contributed by atoms with Crippen LogP contribution in [0.2, 0.25) is 0 Å². The van der Waals surface area contributed by atoms with E-state index < -0.39 is 11.7 Å². The lowest BCUT2D eigenvalue weighted by atomic mass is 10.0. The number of halogens is 3. The van der Waals surface area contributed by atoms with Crippen molar-refractivity contribution in [3.63, 3.8) is 0 Å². The Hall–Kier alpha value is -4.38. The maximum absolute atomic E-state index is 13.0. The maximum atomic E-state index is 13.0. The second-order valence-corrected chi connectivity index (χ2v) is 7.42. The number of alkyl halides is 3. The summed E-state index contributed by atoms with van der Waals surface area (Å²) in [5.41, 5.74) is 3.08. The summed E-state index contributed by atoms with van der Waals surface area (Å²) in [5, 5.41) is 8.48. The number of aryl methyl sites for hydroxylation is 1. The standard InChI is InChI=1S/C25H15F3N4O/c1-15-5-9-21-23(20(15)10-7-16-6-8-17-13-29-14-30-22(17)11-16)33-32-24(21)31-19-4-2-3-18(12-19)25(26,27)28/h2-6,8-9,11-14H,1H3,(H,31,32). The van der Waals surface area contributed by atoms with E-state index in [0.29, 0.717) is 22.4 Å². The van der Waals surface area contributed by atoms with Crippen LogP contribution in [0.5, 0.6) is 0 Å². The summed E-state index contributed by atoms with van der Waals surface area (Å²) >= 11 is 0. The molecule has 3 aromatic carbocycles. The lowest BCUT2D eigenvalue weighted by Crippen LogP contribution is -2.05. The highest BCUT2D eigenvalue weighted by molar-refractivity contribution is 5.94. The molecule has 8 heteroatoms. The summed E-state index contributed by atoms with van der Waals surface area (Å²) in [6.07, 6.45) is -1.21. The van der Waals surface area contributed by atoms with Crippen molar-refractivity contribution in [2.24, 2.45) is 0 Å². The normalized spacial score (nSPS) is 11.4. The van der Waals surface area contributed by atoms with Crippen molar-refractivity contribution in [2.75, 3.05) is 5.32 Å². The number of fused-ring (bicyclic) bond motifs is 2. The van der Waals surface area contributed by atoms with E-state index >= 15 is 0 Å². The molecule has 2 heterocycles. The molecule has 1 N–H and O–H groups in total. The van der Waals surface area contributed by atoms with E-state index in [1.807, 2.05) is 31.2 Å². The van der Waals surface area contributed by atoms with Gasteiger partial charge >= 0.3 is 6.18 Å². The number of rotatable bonds is 2. The number of anilines is 2. The average Bonchev–Trinajstić information content (AvgIpc) is 3.20. The minimum atomic E-state index is -4.43. The number of nitrogens with one attached hydrogen (secondary N) is 1. The molecule has 0 unspecified atom stereocenters. The van der Waals surface area contributed by atoms with Crippen LogP contribution in [-0.4, -0.2) is 15.1 Å². The lowest BCUT2D eigenvalue weighted by molar-refractivity contribution is -0.137. The van der Waals surface area contributed by atoms with Crippen molar-refractivity contribution in [1.82, 2.24) is 15.1 Å². The third-order valence-corrected chi connectivity index (χ3v) is 5.14. The largest absolute Gasteiger partial charge is 0.416 e. The average molecular weight is 444 g/mol. The number of hydrogen-bond donors (Lipinski definition) is 1. The smallest absolute Gasteiger partial charge is 0.353 e. The van der Waals surface area contributed by atoms with Gasteiger partial charge in [0, 0.05) is 22.8 Å². The molecule has 0 aliphatic carbocycles. The van der Waals surface area contributed by atoms with Crippen LogP contribution in [0, 0.1) is 18.8 Å². The van der Waals surface area contributed by atoms with Crippen LogP contribution in [0.4, 0.5) is 24.7 Å². The van der Waals surface area contributed by atoms with E-state index in [2.05, 4.69) is 32.3 Å². The van der Waals surface area contributed by atoms with Crippen molar-refractivity contribution in [3.05, 3.63) is 89.4 Å². The van der Waals surface area contributed by atoms with Gasteiger partial charge in [0.1, 0.15) is 6.33 Å². The van der Waals surface area contributed by atoms with Gasteiger partial charge in [-0.2, -0.15) is 13.2 Å². The number of nitrogens with zero attached hydrogens (tertiary/aromatic N) is 3. The maximum Gasteiger partial charge on any atom is 0.416 e. The van der Waals surface area contributed by atoms with Gasteiger partial charge in [0.15, 0.2) is 11.4 Å². The molecule has 5 rings (SSSR count). The van der Waals surface area contributed by atoms with Crippen LogP contribution in [0.3, 0.4) is 0 Å². The van der Waals surface area contributed by atoms with Crippen LogP contribution in [0.15, 0.2) is 71.6 Å². The van der Waals surface area contributed by atoms with Gasteiger partial charge in [0.25, 0.3) is 0 Å². The first-order valence-electron chi connectivity index (χ1n) is 9.93. The molecular formula is C25H15F3N4O. The summed E-state index contributed by atoms with van der Waals surface area (Å²) in [4.78, 5) is 8.25. The molecule has 0 radical (unpaired) electrons. The summed E-state index contributed by atoms with van der Waals surface area (Å²) in [6, 6.07) is 14.2. The topological polar surface area (TPSA) is 63.8 Å². The highest BCUT2D eigenvalue weighted by Gasteiger charge is 2.30. The fourth-order valence-electron chi connectivity index (χ4n) is 3.44. The molecule has 162 valence electrons. The molecule has 0 saturated carbocycles. The Balaban J connectivity index is 1.51. The van der Waals surface area contributed by atoms with Gasteiger partial charge in [-0.15, -0.1) is 0 Å². The van der Waals surface area contributed by atoms with E-state index in [4.69, 9.17) is 4.52 Å². The highest BCUT2D eigenvalue weighted by Crippen LogP contribution is 2.33. The molecule has 5 nitrogen and oxygen atoms in total. The molecule has 0 aliphatic rings. The second kappa shape index (κ2) is 7.95. The Morgan fingerprint density at radius 1 is 1.00 bits per heavy atom. The van der Waals surface area contributed by atoms with Crippen molar-refractivity contribution >= 4 is 33.4 Å². The van der Waals surface area contributed by atoms with Gasteiger partial charge < -0.3 is 9.84 Å².